The Kier molecular flexibility index (Phi) is 5.14. The predicted molar refractivity (Wildman–Crippen MR) is 97.8 cm³/mol. The van der Waals surface area contributed by atoms with Gasteiger partial charge < -0.3 is 4.90 Å². The first-order chi connectivity index (χ1) is 11.5. The molecule has 24 heavy (non-hydrogen) atoms. The topological polar surface area (TPSA) is 37.4 Å². The van der Waals surface area contributed by atoms with E-state index in [1.165, 1.54) is 22.5 Å². The smallest absolute Gasteiger partial charge is 0.227 e. The van der Waals surface area contributed by atoms with Crippen molar-refractivity contribution in [2.75, 3.05) is 13.1 Å². The first-order valence-corrected chi connectivity index (χ1v) is 9.34. The van der Waals surface area contributed by atoms with E-state index in [4.69, 9.17) is 0 Å². The van der Waals surface area contributed by atoms with Gasteiger partial charge in [-0.15, -0.1) is 11.3 Å². The summed E-state index contributed by atoms with van der Waals surface area (Å²) in [5, 5.41) is 1.93. The zero-order valence-electron chi connectivity index (χ0n) is 14.2. The maximum absolute atomic E-state index is 12.7. The molecule has 1 aromatic carbocycles. The minimum absolute atomic E-state index is 0.0660. The van der Waals surface area contributed by atoms with Crippen LogP contribution in [0.4, 0.5) is 0 Å². The van der Waals surface area contributed by atoms with Crippen LogP contribution in [0.15, 0.2) is 35.7 Å². The number of thiophene rings is 1. The van der Waals surface area contributed by atoms with Gasteiger partial charge in [-0.25, -0.2) is 0 Å². The fourth-order valence-corrected chi connectivity index (χ4v) is 4.26. The zero-order chi connectivity index (χ0) is 17.1. The Morgan fingerprint density at radius 1 is 1.29 bits per heavy atom. The summed E-state index contributed by atoms with van der Waals surface area (Å²) in [4.78, 5) is 26.8. The van der Waals surface area contributed by atoms with Crippen LogP contribution >= 0.6 is 11.3 Å². The molecule has 0 saturated carbocycles. The minimum Gasteiger partial charge on any atom is -0.342 e. The van der Waals surface area contributed by atoms with Crippen molar-refractivity contribution >= 4 is 23.0 Å². The Morgan fingerprint density at radius 2 is 2.08 bits per heavy atom. The van der Waals surface area contributed by atoms with E-state index in [0.717, 1.165) is 36.4 Å². The monoisotopic (exact) mass is 341 g/mol. The van der Waals surface area contributed by atoms with E-state index < -0.39 is 0 Å². The van der Waals surface area contributed by atoms with Gasteiger partial charge in [0, 0.05) is 19.0 Å². The Bertz CT molecular complexity index is 750. The minimum atomic E-state index is 0.0660. The van der Waals surface area contributed by atoms with Crippen LogP contribution in [0.3, 0.4) is 0 Å². The lowest BCUT2D eigenvalue weighted by atomic mass is 9.88. The average Bonchev–Trinajstić information content (AvgIpc) is 3.04. The molecule has 0 bridgehead atoms. The van der Waals surface area contributed by atoms with E-state index in [1.807, 2.05) is 16.3 Å². The number of aryl methyl sites for hydroxylation is 1. The molecule has 0 aliphatic carbocycles. The average molecular weight is 341 g/mol. The van der Waals surface area contributed by atoms with Gasteiger partial charge in [-0.05, 0) is 54.8 Å². The van der Waals surface area contributed by atoms with Crippen LogP contribution in [0.25, 0.3) is 0 Å². The van der Waals surface area contributed by atoms with Crippen molar-refractivity contribution in [3.8, 4) is 0 Å². The molecular formula is C20H23NO2S. The molecule has 3 nitrogen and oxygen atoms in total. The standard InChI is InChI=1S/C20H23NO2S/c1-14-6-3-4-8-18(14)17-7-5-9-21(12-17)20(23)11-16-10-19(15(2)22)24-13-16/h3-4,6,8,10,13,17H,5,7,9,11-12H2,1-2H3/t17-/m0/s1. The number of piperidine rings is 1. The van der Waals surface area contributed by atoms with Crippen molar-refractivity contribution in [3.63, 3.8) is 0 Å². The van der Waals surface area contributed by atoms with Crippen LogP contribution < -0.4 is 0 Å². The normalized spacial score (nSPS) is 17.8. The number of likely N-dealkylation sites (tertiary alicyclic amines) is 1. The molecule has 126 valence electrons. The lowest BCUT2D eigenvalue weighted by Gasteiger charge is -2.33. The molecule has 0 radical (unpaired) electrons. The number of hydrogen-bond acceptors (Lipinski definition) is 3. The molecule has 1 aromatic heterocycles. The van der Waals surface area contributed by atoms with E-state index in [-0.39, 0.29) is 11.7 Å². The lowest BCUT2D eigenvalue weighted by molar-refractivity contribution is -0.131. The van der Waals surface area contributed by atoms with Gasteiger partial charge in [0.25, 0.3) is 0 Å². The van der Waals surface area contributed by atoms with Gasteiger partial charge in [-0.1, -0.05) is 24.3 Å². The Labute approximate surface area is 147 Å². The molecule has 0 N–H and O–H groups in total. The van der Waals surface area contributed by atoms with E-state index in [1.54, 1.807) is 6.92 Å². The first-order valence-electron chi connectivity index (χ1n) is 8.46. The Hall–Kier alpha value is -1.94. The van der Waals surface area contributed by atoms with Crippen molar-refractivity contribution in [2.24, 2.45) is 0 Å². The maximum Gasteiger partial charge on any atom is 0.227 e. The summed E-state index contributed by atoms with van der Waals surface area (Å²) in [5.74, 6) is 0.664. The summed E-state index contributed by atoms with van der Waals surface area (Å²) in [7, 11) is 0. The maximum atomic E-state index is 12.7. The van der Waals surface area contributed by atoms with E-state index >= 15 is 0 Å². The molecule has 2 heterocycles. The largest absolute Gasteiger partial charge is 0.342 e. The third-order valence-electron chi connectivity index (χ3n) is 4.76. The van der Waals surface area contributed by atoms with E-state index in [2.05, 4.69) is 31.2 Å². The van der Waals surface area contributed by atoms with E-state index in [0.29, 0.717) is 12.3 Å². The highest BCUT2D eigenvalue weighted by Crippen LogP contribution is 2.29. The molecule has 1 aliphatic heterocycles. The van der Waals surface area contributed by atoms with Crippen LogP contribution in [-0.2, 0) is 11.2 Å². The molecular weight excluding hydrogens is 318 g/mol. The van der Waals surface area contributed by atoms with Crippen molar-refractivity contribution in [3.05, 3.63) is 57.3 Å². The van der Waals surface area contributed by atoms with Crippen molar-refractivity contribution in [1.82, 2.24) is 4.90 Å². The number of hydrogen-bond donors (Lipinski definition) is 0. The van der Waals surface area contributed by atoms with Crippen LogP contribution in [0.2, 0.25) is 0 Å². The molecule has 0 unspecified atom stereocenters. The molecule has 1 amide bonds. The van der Waals surface area contributed by atoms with E-state index in [9.17, 15) is 9.59 Å². The van der Waals surface area contributed by atoms with Crippen LogP contribution in [0.1, 0.15) is 52.0 Å². The lowest BCUT2D eigenvalue weighted by Crippen LogP contribution is -2.40. The van der Waals surface area contributed by atoms with Gasteiger partial charge in [-0.3, -0.25) is 9.59 Å². The Morgan fingerprint density at radius 3 is 2.79 bits per heavy atom. The molecule has 0 spiro atoms. The van der Waals surface area contributed by atoms with Gasteiger partial charge in [-0.2, -0.15) is 0 Å². The highest BCUT2D eigenvalue weighted by atomic mass is 32.1. The second-order valence-electron chi connectivity index (χ2n) is 6.59. The number of ketones is 1. The zero-order valence-corrected chi connectivity index (χ0v) is 15.1. The highest BCUT2D eigenvalue weighted by Gasteiger charge is 2.25. The summed E-state index contributed by atoms with van der Waals surface area (Å²) in [6, 6.07) is 10.3. The van der Waals surface area contributed by atoms with Gasteiger partial charge >= 0.3 is 0 Å². The summed E-state index contributed by atoms with van der Waals surface area (Å²) in [6.07, 6.45) is 2.58. The van der Waals surface area contributed by atoms with Crippen LogP contribution in [0, 0.1) is 6.92 Å². The third kappa shape index (κ3) is 3.75. The fraction of sp³-hybridized carbons (Fsp3) is 0.400. The van der Waals surface area contributed by atoms with Gasteiger partial charge in [0.05, 0.1) is 11.3 Å². The number of nitrogens with zero attached hydrogens (tertiary/aromatic N) is 1. The molecule has 1 saturated heterocycles. The number of Topliss-reactive ketones (excluding diaryl/α,β-unsaturated/α-hetero) is 1. The summed E-state index contributed by atoms with van der Waals surface area (Å²) < 4.78 is 0. The second-order valence-corrected chi connectivity index (χ2v) is 7.50. The van der Waals surface area contributed by atoms with Gasteiger partial charge in [0.15, 0.2) is 5.78 Å². The molecule has 4 heteroatoms. The SMILES string of the molecule is CC(=O)c1cc(CC(=O)N2CCC[C@H](c3ccccc3C)C2)cs1. The summed E-state index contributed by atoms with van der Waals surface area (Å²) in [6.45, 7) is 5.35. The number of carbonyl (C=O) groups is 2. The van der Waals surface area contributed by atoms with Crippen molar-refractivity contribution in [2.45, 2.75) is 39.0 Å². The summed E-state index contributed by atoms with van der Waals surface area (Å²) in [5.41, 5.74) is 3.62. The quantitative estimate of drug-likeness (QED) is 0.781. The molecule has 3 rings (SSSR count). The fourth-order valence-electron chi connectivity index (χ4n) is 3.44. The number of benzene rings is 1. The van der Waals surface area contributed by atoms with Crippen molar-refractivity contribution in [1.29, 1.82) is 0 Å². The number of carbonyl (C=O) groups excluding carboxylic acids is 2. The summed E-state index contributed by atoms with van der Waals surface area (Å²) >= 11 is 1.43. The predicted octanol–water partition coefficient (Wildman–Crippen LogP) is 4.21. The number of amides is 1. The Balaban J connectivity index is 1.66. The van der Waals surface area contributed by atoms with Gasteiger partial charge in [0.1, 0.15) is 0 Å². The molecule has 2 aromatic rings. The van der Waals surface area contributed by atoms with Crippen LogP contribution in [-0.4, -0.2) is 29.7 Å². The van der Waals surface area contributed by atoms with Crippen LogP contribution in [0.5, 0.6) is 0 Å². The highest BCUT2D eigenvalue weighted by molar-refractivity contribution is 7.12. The van der Waals surface area contributed by atoms with Crippen molar-refractivity contribution < 1.29 is 9.59 Å². The molecule has 1 aliphatic rings. The third-order valence-corrected chi connectivity index (χ3v) is 5.84. The first kappa shape index (κ1) is 16.9. The second kappa shape index (κ2) is 7.31. The molecule has 1 atom stereocenters. The molecule has 1 fully saturated rings. The number of rotatable bonds is 4. The van der Waals surface area contributed by atoms with Gasteiger partial charge in [0.2, 0.25) is 5.91 Å².